The topological polar surface area (TPSA) is 77.0 Å². The van der Waals surface area contributed by atoms with E-state index in [2.05, 4.69) is 10.2 Å². The number of amides is 1. The Morgan fingerprint density at radius 3 is 2.52 bits per heavy atom. The number of benzene rings is 1. The lowest BCUT2D eigenvalue weighted by Gasteiger charge is -2.17. The van der Waals surface area contributed by atoms with Crippen LogP contribution in [-0.2, 0) is 10.5 Å². The van der Waals surface area contributed by atoms with Crippen LogP contribution in [-0.4, -0.2) is 44.5 Å². The number of carbonyl (C=O) groups excluding carboxylic acids is 1. The summed E-state index contributed by atoms with van der Waals surface area (Å²) >= 11 is 8.46. The van der Waals surface area contributed by atoms with Gasteiger partial charge in [-0.2, -0.15) is 0 Å². The van der Waals surface area contributed by atoms with Gasteiger partial charge in [0.25, 0.3) is 0 Å². The van der Waals surface area contributed by atoms with Crippen LogP contribution in [0, 0.1) is 5.82 Å². The van der Waals surface area contributed by atoms with Gasteiger partial charge in [0.2, 0.25) is 16.2 Å². The smallest absolute Gasteiger partial charge is 0.233 e. The second kappa shape index (κ2) is 9.30. The van der Waals surface area contributed by atoms with Crippen LogP contribution in [0.25, 0.3) is 0 Å². The number of rotatable bonds is 8. The number of hydrogen-bond acceptors (Lipinski definition) is 6. The number of carbonyl (C=O) groups is 1. The molecule has 0 saturated heterocycles. The molecule has 0 aliphatic heterocycles. The quantitative estimate of drug-likeness (QED) is 0.539. The lowest BCUT2D eigenvalue weighted by Crippen LogP contribution is -2.32. The van der Waals surface area contributed by atoms with Crippen LogP contribution in [0.4, 0.5) is 4.39 Å². The summed E-state index contributed by atoms with van der Waals surface area (Å²) in [7, 11) is 0. The largest absolute Gasteiger partial charge is 0.343 e. The second-order valence-electron chi connectivity index (χ2n) is 4.98. The van der Waals surface area contributed by atoms with Crippen LogP contribution >= 0.6 is 35.1 Å². The fourth-order valence-electron chi connectivity index (χ4n) is 2.06. The minimum atomic E-state index is -0.373. The molecule has 1 aromatic heterocycles. The first kappa shape index (κ1) is 19.9. The molecular formula is C15H19ClFN5OS2. The molecule has 1 amide bonds. The van der Waals surface area contributed by atoms with Gasteiger partial charge in [-0.05, 0) is 26.0 Å². The van der Waals surface area contributed by atoms with Gasteiger partial charge in [0.15, 0.2) is 0 Å². The Bertz CT molecular complexity index is 718. The van der Waals surface area contributed by atoms with Crippen molar-refractivity contribution in [2.24, 2.45) is 0 Å². The molecule has 25 heavy (non-hydrogen) atoms. The molecule has 0 fully saturated rings. The van der Waals surface area contributed by atoms with Gasteiger partial charge < -0.3 is 10.7 Å². The Balaban J connectivity index is 1.98. The molecule has 1 aromatic carbocycles. The van der Waals surface area contributed by atoms with E-state index >= 15 is 0 Å². The number of nitrogens with zero attached hydrogens (tertiary/aromatic N) is 4. The summed E-state index contributed by atoms with van der Waals surface area (Å²) in [5.74, 6) is 6.13. The van der Waals surface area contributed by atoms with Crippen LogP contribution in [0.1, 0.15) is 19.4 Å². The molecule has 0 saturated carbocycles. The van der Waals surface area contributed by atoms with Crippen molar-refractivity contribution in [2.75, 3.05) is 24.7 Å². The Hall–Kier alpha value is -1.45. The van der Waals surface area contributed by atoms with Crippen LogP contribution in [0.2, 0.25) is 5.02 Å². The summed E-state index contributed by atoms with van der Waals surface area (Å²) in [5.41, 5.74) is 0.392. The van der Waals surface area contributed by atoms with Crippen molar-refractivity contribution in [3.63, 3.8) is 0 Å². The molecule has 6 nitrogen and oxygen atoms in total. The van der Waals surface area contributed by atoms with Crippen molar-refractivity contribution in [3.8, 4) is 0 Å². The molecular weight excluding hydrogens is 385 g/mol. The third-order valence-electron chi connectivity index (χ3n) is 3.48. The summed E-state index contributed by atoms with van der Waals surface area (Å²) in [4.78, 5) is 13.8. The minimum Gasteiger partial charge on any atom is -0.343 e. The summed E-state index contributed by atoms with van der Waals surface area (Å²) in [6, 6.07) is 4.54. The average Bonchev–Trinajstić information content (AvgIpc) is 2.94. The molecule has 0 spiro atoms. The van der Waals surface area contributed by atoms with Gasteiger partial charge in [0.05, 0.1) is 5.75 Å². The van der Waals surface area contributed by atoms with Gasteiger partial charge in [0.1, 0.15) is 5.82 Å². The molecule has 1 heterocycles. The first-order valence-electron chi connectivity index (χ1n) is 7.64. The van der Waals surface area contributed by atoms with Crippen LogP contribution in [0.5, 0.6) is 0 Å². The number of nitrogens with two attached hydrogens (primary N) is 1. The van der Waals surface area contributed by atoms with Crippen molar-refractivity contribution in [1.29, 1.82) is 0 Å². The molecule has 136 valence electrons. The lowest BCUT2D eigenvalue weighted by molar-refractivity contribution is -0.127. The van der Waals surface area contributed by atoms with Crippen LogP contribution in [0.15, 0.2) is 28.5 Å². The number of aromatic nitrogens is 3. The van der Waals surface area contributed by atoms with Crippen LogP contribution < -0.4 is 5.84 Å². The van der Waals surface area contributed by atoms with Gasteiger partial charge in [-0.1, -0.05) is 41.2 Å². The Morgan fingerprint density at radius 2 is 1.92 bits per heavy atom. The molecule has 0 aliphatic rings. The van der Waals surface area contributed by atoms with E-state index in [1.807, 2.05) is 13.8 Å². The highest BCUT2D eigenvalue weighted by molar-refractivity contribution is 8.00. The Labute approximate surface area is 159 Å². The number of thioether (sulfide) groups is 2. The zero-order valence-corrected chi connectivity index (χ0v) is 16.3. The van der Waals surface area contributed by atoms with Crippen molar-refractivity contribution in [1.82, 2.24) is 19.8 Å². The highest BCUT2D eigenvalue weighted by atomic mass is 35.5. The minimum absolute atomic E-state index is 0.0188. The standard InChI is InChI=1S/C15H19ClFN5OS2/c1-3-21(4-2)13(23)9-25-15-20-19-14(22(15)18)24-8-10-11(16)6-5-7-12(10)17/h5-7H,3-4,8-9,18H2,1-2H3. The molecule has 10 heteroatoms. The molecule has 2 N–H and O–H groups in total. The van der Waals surface area contributed by atoms with E-state index in [0.717, 1.165) is 0 Å². The normalized spacial score (nSPS) is 10.9. The molecule has 2 rings (SSSR count). The first-order chi connectivity index (χ1) is 12.0. The van der Waals surface area contributed by atoms with Crippen molar-refractivity contribution >= 4 is 41.0 Å². The number of hydrogen-bond donors (Lipinski definition) is 1. The molecule has 0 unspecified atom stereocenters. The average molecular weight is 404 g/mol. The van der Waals surface area contributed by atoms with E-state index in [4.69, 9.17) is 17.4 Å². The number of halogens is 2. The van der Waals surface area contributed by atoms with Gasteiger partial charge >= 0.3 is 0 Å². The van der Waals surface area contributed by atoms with E-state index in [1.165, 1.54) is 34.3 Å². The third-order valence-corrected chi connectivity index (χ3v) is 5.73. The molecule has 0 radical (unpaired) electrons. The van der Waals surface area contributed by atoms with Gasteiger partial charge in [-0.25, -0.2) is 9.07 Å². The summed E-state index contributed by atoms with van der Waals surface area (Å²) in [5, 5.41) is 9.20. The second-order valence-corrected chi connectivity index (χ2v) is 7.27. The van der Waals surface area contributed by atoms with Crippen molar-refractivity contribution < 1.29 is 9.18 Å². The molecule has 0 atom stereocenters. The maximum absolute atomic E-state index is 13.8. The predicted octanol–water partition coefficient (Wildman–Crippen LogP) is 3.04. The third kappa shape index (κ3) is 5.02. The lowest BCUT2D eigenvalue weighted by atomic mass is 10.2. The van der Waals surface area contributed by atoms with E-state index in [1.54, 1.807) is 17.0 Å². The molecule has 2 aromatic rings. The van der Waals surface area contributed by atoms with Crippen LogP contribution in [0.3, 0.4) is 0 Å². The first-order valence-corrected chi connectivity index (χ1v) is 9.99. The highest BCUT2D eigenvalue weighted by Crippen LogP contribution is 2.28. The van der Waals surface area contributed by atoms with Gasteiger partial charge in [-0.3, -0.25) is 4.79 Å². The zero-order chi connectivity index (χ0) is 18.4. The van der Waals surface area contributed by atoms with E-state index in [-0.39, 0.29) is 23.2 Å². The summed E-state index contributed by atoms with van der Waals surface area (Å²) in [6.07, 6.45) is 0. The molecule has 0 bridgehead atoms. The predicted molar refractivity (Wildman–Crippen MR) is 99.8 cm³/mol. The monoisotopic (exact) mass is 403 g/mol. The Kier molecular flexibility index (Phi) is 7.39. The number of nitrogen functional groups attached to an aromatic ring is 1. The van der Waals surface area contributed by atoms with Gasteiger partial charge in [-0.15, -0.1) is 10.2 Å². The maximum Gasteiger partial charge on any atom is 0.233 e. The Morgan fingerprint density at radius 1 is 1.28 bits per heavy atom. The van der Waals surface area contributed by atoms with E-state index in [0.29, 0.717) is 34.0 Å². The maximum atomic E-state index is 13.8. The molecule has 0 aliphatic carbocycles. The van der Waals surface area contributed by atoms with Crippen molar-refractivity contribution in [2.45, 2.75) is 29.9 Å². The van der Waals surface area contributed by atoms with E-state index in [9.17, 15) is 9.18 Å². The fraction of sp³-hybridized carbons (Fsp3) is 0.400. The fourth-order valence-corrected chi connectivity index (χ4v) is 4.08. The van der Waals surface area contributed by atoms with Gasteiger partial charge in [0, 0.05) is 29.4 Å². The van der Waals surface area contributed by atoms with E-state index < -0.39 is 0 Å². The summed E-state index contributed by atoms with van der Waals surface area (Å²) < 4.78 is 15.1. The SMILES string of the molecule is CCN(CC)C(=O)CSc1nnc(SCc2c(F)cccc2Cl)n1N. The van der Waals surface area contributed by atoms with Crippen molar-refractivity contribution in [3.05, 3.63) is 34.6 Å². The zero-order valence-electron chi connectivity index (χ0n) is 13.9. The summed E-state index contributed by atoms with van der Waals surface area (Å²) in [6.45, 7) is 5.19. The highest BCUT2D eigenvalue weighted by Gasteiger charge is 2.16.